The van der Waals surface area contributed by atoms with Gasteiger partial charge in [0.1, 0.15) is 6.26 Å². The van der Waals surface area contributed by atoms with Crippen LogP contribution in [0, 0.1) is 5.92 Å². The Morgan fingerprint density at radius 2 is 1.87 bits per heavy atom. The van der Waals surface area contributed by atoms with Crippen molar-refractivity contribution >= 4 is 49.0 Å². The SMILES string of the molecule is C[S+]([O-])c1ccc2c3ncc(Br)cc3n([C@H](c3ccccc3)C3CCOCC3)c2c1. The lowest BCUT2D eigenvalue weighted by atomic mass is 9.86. The molecule has 1 fully saturated rings. The number of halogens is 1. The van der Waals surface area contributed by atoms with Gasteiger partial charge in [-0.1, -0.05) is 30.3 Å². The lowest BCUT2D eigenvalue weighted by molar-refractivity contribution is 0.0553. The molecular weight excluding hydrogens is 460 g/mol. The van der Waals surface area contributed by atoms with E-state index in [9.17, 15) is 4.55 Å². The number of hydrogen-bond acceptors (Lipinski definition) is 3. The maximum atomic E-state index is 12.3. The highest BCUT2D eigenvalue weighted by Crippen LogP contribution is 2.41. The van der Waals surface area contributed by atoms with Gasteiger partial charge >= 0.3 is 0 Å². The molecule has 6 heteroatoms. The highest BCUT2D eigenvalue weighted by atomic mass is 79.9. The van der Waals surface area contributed by atoms with Gasteiger partial charge in [-0.3, -0.25) is 4.98 Å². The summed E-state index contributed by atoms with van der Waals surface area (Å²) in [7, 11) is 0. The van der Waals surface area contributed by atoms with Crippen molar-refractivity contribution in [2.24, 2.45) is 5.92 Å². The molecule has 1 aliphatic heterocycles. The number of rotatable bonds is 4. The van der Waals surface area contributed by atoms with Crippen LogP contribution in [0.5, 0.6) is 0 Å². The number of hydrogen-bond donors (Lipinski definition) is 0. The molecule has 4 aromatic rings. The van der Waals surface area contributed by atoms with Crippen LogP contribution in [-0.2, 0) is 15.9 Å². The van der Waals surface area contributed by atoms with Crippen molar-refractivity contribution in [1.29, 1.82) is 0 Å². The lowest BCUT2D eigenvalue weighted by Gasteiger charge is -2.33. The third-order valence-corrected chi connectivity index (χ3v) is 7.39. The third kappa shape index (κ3) is 3.56. The van der Waals surface area contributed by atoms with Crippen molar-refractivity contribution < 1.29 is 9.29 Å². The van der Waals surface area contributed by atoms with Gasteiger partial charge in [-0.25, -0.2) is 0 Å². The predicted octanol–water partition coefficient (Wildman–Crippen LogP) is 5.71. The molecule has 154 valence electrons. The minimum absolute atomic E-state index is 0.159. The van der Waals surface area contributed by atoms with E-state index in [-0.39, 0.29) is 6.04 Å². The first kappa shape index (κ1) is 20.1. The highest BCUT2D eigenvalue weighted by molar-refractivity contribution is 9.10. The monoisotopic (exact) mass is 482 g/mol. The van der Waals surface area contributed by atoms with Gasteiger partial charge in [0, 0.05) is 35.3 Å². The molecule has 1 aliphatic rings. The van der Waals surface area contributed by atoms with E-state index in [1.165, 1.54) is 5.56 Å². The number of benzene rings is 2. The number of ether oxygens (including phenoxy) is 1. The molecular formula is C24H23BrN2O2S. The van der Waals surface area contributed by atoms with Gasteiger partial charge in [0.25, 0.3) is 0 Å². The fourth-order valence-corrected chi connectivity index (χ4v) is 5.51. The van der Waals surface area contributed by atoms with E-state index in [2.05, 4.69) is 69.0 Å². The van der Waals surface area contributed by atoms with E-state index in [1.807, 2.05) is 12.3 Å². The maximum Gasteiger partial charge on any atom is 0.154 e. The van der Waals surface area contributed by atoms with Crippen LogP contribution in [-0.4, -0.2) is 33.6 Å². The number of fused-ring (bicyclic) bond motifs is 3. The van der Waals surface area contributed by atoms with Crippen LogP contribution < -0.4 is 0 Å². The van der Waals surface area contributed by atoms with E-state index >= 15 is 0 Å². The predicted molar refractivity (Wildman–Crippen MR) is 125 cm³/mol. The normalized spacial score (nSPS) is 17.4. The molecule has 0 amide bonds. The van der Waals surface area contributed by atoms with Gasteiger partial charge in [0.15, 0.2) is 4.90 Å². The molecule has 0 saturated carbocycles. The standard InChI is InChI=1S/C24H23BrN2O2S/c1-30(28)19-7-8-20-21(14-19)27(22-13-18(25)15-26-23(20)22)24(16-5-3-2-4-6-16)17-9-11-29-12-10-17/h2-8,13-15,17,24H,9-12H2,1H3/t24-,30?/m1/s1. The van der Waals surface area contributed by atoms with Crippen LogP contribution in [0.15, 0.2) is 70.2 Å². The van der Waals surface area contributed by atoms with E-state index in [0.29, 0.717) is 5.92 Å². The van der Waals surface area contributed by atoms with Gasteiger partial charge in [0.05, 0.1) is 22.6 Å². The summed E-state index contributed by atoms with van der Waals surface area (Å²) in [5.41, 5.74) is 4.45. The zero-order valence-corrected chi connectivity index (χ0v) is 19.2. The molecule has 4 nitrogen and oxygen atoms in total. The van der Waals surface area contributed by atoms with E-state index in [4.69, 9.17) is 9.72 Å². The zero-order chi connectivity index (χ0) is 20.7. The van der Waals surface area contributed by atoms with Crippen LogP contribution >= 0.6 is 15.9 Å². The Balaban J connectivity index is 1.84. The highest BCUT2D eigenvalue weighted by Gasteiger charge is 2.30. The third-order valence-electron chi connectivity index (χ3n) is 6.04. The van der Waals surface area contributed by atoms with Crippen LogP contribution in [0.1, 0.15) is 24.4 Å². The van der Waals surface area contributed by atoms with E-state index in [1.54, 1.807) is 6.26 Å². The molecule has 1 unspecified atom stereocenters. The van der Waals surface area contributed by atoms with Crippen molar-refractivity contribution in [1.82, 2.24) is 9.55 Å². The second-order valence-electron chi connectivity index (χ2n) is 7.83. The summed E-state index contributed by atoms with van der Waals surface area (Å²) in [4.78, 5) is 5.59. The molecule has 0 radical (unpaired) electrons. The second-order valence-corrected chi connectivity index (χ2v) is 10.1. The van der Waals surface area contributed by atoms with Crippen LogP contribution in [0.3, 0.4) is 0 Å². The summed E-state index contributed by atoms with van der Waals surface area (Å²) in [6.07, 6.45) is 5.61. The first-order valence-electron chi connectivity index (χ1n) is 10.2. The Bertz CT molecular complexity index is 1190. The Kier molecular flexibility index (Phi) is 5.58. The molecule has 0 N–H and O–H groups in total. The maximum absolute atomic E-state index is 12.3. The number of pyridine rings is 1. The summed E-state index contributed by atoms with van der Waals surface area (Å²) >= 11 is 2.57. The summed E-state index contributed by atoms with van der Waals surface area (Å²) in [6.45, 7) is 1.58. The molecule has 2 aromatic heterocycles. The van der Waals surface area contributed by atoms with Gasteiger partial charge in [-0.2, -0.15) is 0 Å². The number of nitrogens with zero attached hydrogens (tertiary/aromatic N) is 2. The molecule has 0 aliphatic carbocycles. The largest absolute Gasteiger partial charge is 0.612 e. The van der Waals surface area contributed by atoms with E-state index < -0.39 is 11.2 Å². The summed E-state index contributed by atoms with van der Waals surface area (Å²) in [5.74, 6) is 0.453. The van der Waals surface area contributed by atoms with Crippen molar-refractivity contribution in [2.45, 2.75) is 23.8 Å². The fraction of sp³-hybridized carbons (Fsp3) is 0.292. The molecule has 30 heavy (non-hydrogen) atoms. The quantitative estimate of drug-likeness (QED) is 0.350. The fourth-order valence-electron chi connectivity index (χ4n) is 4.65. The molecule has 1 saturated heterocycles. The minimum Gasteiger partial charge on any atom is -0.612 e. The van der Waals surface area contributed by atoms with Gasteiger partial charge in [-0.15, -0.1) is 0 Å². The topological polar surface area (TPSA) is 50.1 Å². The zero-order valence-electron chi connectivity index (χ0n) is 16.8. The van der Waals surface area contributed by atoms with E-state index in [0.717, 1.165) is 57.4 Å². The smallest absolute Gasteiger partial charge is 0.154 e. The Morgan fingerprint density at radius 3 is 2.60 bits per heavy atom. The molecule has 2 aromatic carbocycles. The summed E-state index contributed by atoms with van der Waals surface area (Å²) in [6, 6.07) is 19.1. The van der Waals surface area contributed by atoms with Gasteiger partial charge < -0.3 is 13.9 Å². The van der Waals surface area contributed by atoms with Crippen molar-refractivity contribution in [2.75, 3.05) is 19.5 Å². The molecule has 0 bridgehead atoms. The molecule has 3 heterocycles. The Labute approximate surface area is 187 Å². The van der Waals surface area contributed by atoms with Crippen molar-refractivity contribution in [3.63, 3.8) is 0 Å². The average molecular weight is 483 g/mol. The number of aromatic nitrogens is 2. The molecule has 0 spiro atoms. The van der Waals surface area contributed by atoms with Crippen LogP contribution in [0.25, 0.3) is 21.9 Å². The molecule has 5 rings (SSSR count). The Hall–Kier alpha value is -1.86. The first-order chi connectivity index (χ1) is 14.6. The second kappa shape index (κ2) is 8.35. The minimum atomic E-state index is -1.04. The molecule has 2 atom stereocenters. The van der Waals surface area contributed by atoms with Crippen LogP contribution in [0.2, 0.25) is 0 Å². The first-order valence-corrected chi connectivity index (χ1v) is 12.5. The van der Waals surface area contributed by atoms with Crippen molar-refractivity contribution in [3.8, 4) is 0 Å². The summed E-state index contributed by atoms with van der Waals surface area (Å²) < 4.78 is 21.3. The van der Waals surface area contributed by atoms with Gasteiger partial charge in [-0.05, 0) is 69.6 Å². The lowest BCUT2D eigenvalue weighted by Crippen LogP contribution is -2.26. The Morgan fingerprint density at radius 1 is 1.10 bits per heavy atom. The van der Waals surface area contributed by atoms with Crippen LogP contribution in [0.4, 0.5) is 0 Å². The van der Waals surface area contributed by atoms with Crippen molar-refractivity contribution in [3.05, 3.63) is 70.8 Å². The average Bonchev–Trinajstić information content (AvgIpc) is 3.08. The summed E-state index contributed by atoms with van der Waals surface area (Å²) in [5, 5.41) is 1.10. The van der Waals surface area contributed by atoms with Gasteiger partial charge in [0.2, 0.25) is 0 Å².